The first kappa shape index (κ1) is 9.08. The van der Waals surface area contributed by atoms with Crippen molar-refractivity contribution < 1.29 is 9.53 Å². The van der Waals surface area contributed by atoms with Gasteiger partial charge in [-0.25, -0.2) is 9.79 Å². The van der Waals surface area contributed by atoms with Gasteiger partial charge in [0.2, 0.25) is 6.08 Å². The zero-order valence-corrected chi connectivity index (χ0v) is 6.09. The molecule has 0 saturated heterocycles. The Morgan fingerprint density at radius 2 is 2.50 bits per heavy atom. The van der Waals surface area contributed by atoms with E-state index < -0.39 is 0 Å². The Bertz CT molecular complexity index is 148. The molecule has 0 atom stereocenters. The molecule has 0 N–H and O–H groups in total. The van der Waals surface area contributed by atoms with Crippen LogP contribution in [0.25, 0.3) is 0 Å². The van der Waals surface area contributed by atoms with Gasteiger partial charge >= 0.3 is 0 Å². The van der Waals surface area contributed by atoms with Crippen molar-refractivity contribution in [3.05, 3.63) is 12.2 Å². The number of carbonyl (C=O) groups excluding carboxylic acids is 1. The zero-order valence-electron chi connectivity index (χ0n) is 6.09. The molecule has 0 fully saturated rings. The van der Waals surface area contributed by atoms with Crippen molar-refractivity contribution >= 4 is 6.08 Å². The van der Waals surface area contributed by atoms with E-state index in [2.05, 4.69) is 11.6 Å². The summed E-state index contributed by atoms with van der Waals surface area (Å²) in [6, 6.07) is 0. The fraction of sp³-hybridized carbons (Fsp3) is 0.571. The second kappa shape index (κ2) is 6.20. The van der Waals surface area contributed by atoms with Crippen molar-refractivity contribution in [2.24, 2.45) is 4.99 Å². The molecule has 0 aromatic rings. The Morgan fingerprint density at radius 3 is 3.00 bits per heavy atom. The summed E-state index contributed by atoms with van der Waals surface area (Å²) in [5.41, 5.74) is 0.894. The molecule has 0 aliphatic heterocycles. The van der Waals surface area contributed by atoms with Crippen molar-refractivity contribution in [2.75, 3.05) is 20.3 Å². The first-order valence-electron chi connectivity index (χ1n) is 3.00. The Morgan fingerprint density at radius 1 is 1.80 bits per heavy atom. The van der Waals surface area contributed by atoms with E-state index in [1.54, 1.807) is 7.11 Å². The van der Waals surface area contributed by atoms with Crippen LogP contribution < -0.4 is 0 Å². The number of rotatable bonds is 5. The maximum atomic E-state index is 9.62. The standard InChI is InChI=1S/C7H11NO2/c1-7(3-4-10-2)5-8-6-9/h1,3-5H2,2H3. The van der Waals surface area contributed by atoms with Gasteiger partial charge in [-0.3, -0.25) is 0 Å². The van der Waals surface area contributed by atoms with E-state index in [0.29, 0.717) is 13.2 Å². The highest BCUT2D eigenvalue weighted by Gasteiger charge is 1.90. The highest BCUT2D eigenvalue weighted by Crippen LogP contribution is 1.96. The molecule has 0 bridgehead atoms. The molecule has 0 aliphatic rings. The second-order valence-electron chi connectivity index (χ2n) is 1.90. The minimum Gasteiger partial charge on any atom is -0.384 e. The van der Waals surface area contributed by atoms with Gasteiger partial charge in [0.05, 0.1) is 6.54 Å². The van der Waals surface area contributed by atoms with Crippen LogP contribution >= 0.6 is 0 Å². The number of methoxy groups -OCH3 is 1. The molecule has 0 spiro atoms. The van der Waals surface area contributed by atoms with Crippen LogP contribution in [0.4, 0.5) is 0 Å². The molecule has 0 unspecified atom stereocenters. The van der Waals surface area contributed by atoms with Crippen LogP contribution in [0.3, 0.4) is 0 Å². The Kier molecular flexibility index (Phi) is 5.63. The molecule has 0 aliphatic carbocycles. The van der Waals surface area contributed by atoms with Crippen LogP contribution in [-0.4, -0.2) is 26.3 Å². The molecule has 0 amide bonds. The third-order valence-electron chi connectivity index (χ3n) is 1.03. The zero-order chi connectivity index (χ0) is 7.82. The molecule has 0 rings (SSSR count). The van der Waals surface area contributed by atoms with Crippen molar-refractivity contribution in [1.82, 2.24) is 0 Å². The van der Waals surface area contributed by atoms with Gasteiger partial charge < -0.3 is 4.74 Å². The van der Waals surface area contributed by atoms with Crippen LogP contribution in [0.2, 0.25) is 0 Å². The van der Waals surface area contributed by atoms with Crippen LogP contribution in [0.1, 0.15) is 6.42 Å². The number of aliphatic imine (C=N–C) groups is 1. The highest BCUT2D eigenvalue weighted by atomic mass is 16.5. The van der Waals surface area contributed by atoms with Gasteiger partial charge in [0.1, 0.15) is 0 Å². The number of isocyanates is 1. The molecule has 0 radical (unpaired) electrons. The van der Waals surface area contributed by atoms with Gasteiger partial charge in [-0.15, -0.1) is 0 Å². The fourth-order valence-electron chi connectivity index (χ4n) is 0.470. The molecular weight excluding hydrogens is 130 g/mol. The Hall–Kier alpha value is -0.920. The van der Waals surface area contributed by atoms with E-state index in [4.69, 9.17) is 4.74 Å². The van der Waals surface area contributed by atoms with Crippen molar-refractivity contribution in [1.29, 1.82) is 0 Å². The largest absolute Gasteiger partial charge is 0.384 e. The third-order valence-corrected chi connectivity index (χ3v) is 1.03. The average Bonchev–Trinajstić information content (AvgIpc) is 1.97. The Labute approximate surface area is 60.4 Å². The summed E-state index contributed by atoms with van der Waals surface area (Å²) >= 11 is 0. The summed E-state index contributed by atoms with van der Waals surface area (Å²) in [4.78, 5) is 13.0. The summed E-state index contributed by atoms with van der Waals surface area (Å²) in [5, 5.41) is 0. The smallest absolute Gasteiger partial charge is 0.235 e. The molecule has 0 heterocycles. The van der Waals surface area contributed by atoms with E-state index in [1.165, 1.54) is 6.08 Å². The van der Waals surface area contributed by atoms with Crippen LogP contribution in [0.15, 0.2) is 17.1 Å². The van der Waals surface area contributed by atoms with Crippen molar-refractivity contribution in [3.63, 3.8) is 0 Å². The predicted molar refractivity (Wildman–Crippen MR) is 38.6 cm³/mol. The second-order valence-corrected chi connectivity index (χ2v) is 1.90. The van der Waals surface area contributed by atoms with Gasteiger partial charge in [-0.05, 0) is 6.42 Å². The lowest BCUT2D eigenvalue weighted by molar-refractivity contribution is 0.202. The number of ether oxygens (including phenoxy) is 1. The van der Waals surface area contributed by atoms with E-state index >= 15 is 0 Å². The normalized spacial score (nSPS) is 8.50. The summed E-state index contributed by atoms with van der Waals surface area (Å²) in [6.45, 7) is 4.68. The van der Waals surface area contributed by atoms with Gasteiger partial charge in [0.15, 0.2) is 0 Å². The quantitative estimate of drug-likeness (QED) is 0.324. The third kappa shape index (κ3) is 5.22. The summed E-state index contributed by atoms with van der Waals surface area (Å²) < 4.78 is 4.79. The van der Waals surface area contributed by atoms with Gasteiger partial charge in [-0.2, -0.15) is 0 Å². The molecule has 56 valence electrons. The van der Waals surface area contributed by atoms with Crippen molar-refractivity contribution in [2.45, 2.75) is 6.42 Å². The highest BCUT2D eigenvalue weighted by molar-refractivity contribution is 5.33. The van der Waals surface area contributed by atoms with Crippen molar-refractivity contribution in [3.8, 4) is 0 Å². The first-order chi connectivity index (χ1) is 4.81. The summed E-state index contributed by atoms with van der Waals surface area (Å²) in [6.07, 6.45) is 2.20. The number of hydrogen-bond donors (Lipinski definition) is 0. The maximum Gasteiger partial charge on any atom is 0.235 e. The fourth-order valence-corrected chi connectivity index (χ4v) is 0.470. The number of nitrogens with zero attached hydrogens (tertiary/aromatic N) is 1. The minimum atomic E-state index is 0.368. The molecule has 0 aromatic carbocycles. The van der Waals surface area contributed by atoms with Crippen LogP contribution in [-0.2, 0) is 9.53 Å². The topological polar surface area (TPSA) is 38.7 Å². The maximum absolute atomic E-state index is 9.62. The number of hydrogen-bond acceptors (Lipinski definition) is 3. The van der Waals surface area contributed by atoms with E-state index in [0.717, 1.165) is 12.0 Å². The Balaban J connectivity index is 3.34. The lowest BCUT2D eigenvalue weighted by Crippen LogP contribution is -1.93. The summed E-state index contributed by atoms with van der Waals surface area (Å²) in [7, 11) is 1.62. The van der Waals surface area contributed by atoms with Crippen LogP contribution in [0.5, 0.6) is 0 Å². The molecule has 3 heteroatoms. The average molecular weight is 141 g/mol. The molecule has 10 heavy (non-hydrogen) atoms. The predicted octanol–water partition coefficient (Wildman–Crippen LogP) is 0.915. The molecular formula is C7H11NO2. The lowest BCUT2D eigenvalue weighted by Gasteiger charge is -1.97. The molecule has 3 nitrogen and oxygen atoms in total. The lowest BCUT2D eigenvalue weighted by atomic mass is 10.2. The monoisotopic (exact) mass is 141 g/mol. The van der Waals surface area contributed by atoms with E-state index in [-0.39, 0.29) is 0 Å². The van der Waals surface area contributed by atoms with Crippen LogP contribution in [0, 0.1) is 0 Å². The first-order valence-corrected chi connectivity index (χ1v) is 3.00. The van der Waals surface area contributed by atoms with Gasteiger partial charge in [0.25, 0.3) is 0 Å². The summed E-state index contributed by atoms with van der Waals surface area (Å²) in [5.74, 6) is 0. The SMILES string of the molecule is C=C(CCOC)CN=C=O. The van der Waals surface area contributed by atoms with Gasteiger partial charge in [0, 0.05) is 13.7 Å². The van der Waals surface area contributed by atoms with E-state index in [1.807, 2.05) is 0 Å². The molecule has 0 saturated carbocycles. The van der Waals surface area contributed by atoms with E-state index in [9.17, 15) is 4.79 Å². The van der Waals surface area contributed by atoms with Gasteiger partial charge in [-0.1, -0.05) is 12.2 Å². The molecule has 0 aromatic heterocycles. The minimum absolute atomic E-state index is 0.368.